The molecule has 124 valence electrons. The summed E-state index contributed by atoms with van der Waals surface area (Å²) in [6.07, 6.45) is 1.88. The van der Waals surface area contributed by atoms with Gasteiger partial charge in [-0.3, -0.25) is 9.59 Å². The number of aldehydes is 1. The number of ether oxygens (including phenoxy) is 2. The number of hydrogen-bond acceptors (Lipinski definition) is 4. The minimum atomic E-state index is -0.807. The molecule has 1 saturated carbocycles. The van der Waals surface area contributed by atoms with E-state index in [4.69, 9.17) is 9.47 Å². The van der Waals surface area contributed by atoms with Crippen molar-refractivity contribution in [1.29, 1.82) is 0 Å². The Balaban J connectivity index is 1.88. The van der Waals surface area contributed by atoms with Gasteiger partial charge in [-0.05, 0) is 31.0 Å². The fraction of sp³-hybridized carbons (Fsp3) is 0.263. The smallest absolute Gasteiger partial charge is 0.266 e. The summed E-state index contributed by atoms with van der Waals surface area (Å²) in [6, 6.07) is 14.4. The number of carbonyl (C=O) groups excluding carboxylic acids is 2. The molecule has 1 aliphatic carbocycles. The van der Waals surface area contributed by atoms with Gasteiger partial charge in [0.15, 0.2) is 6.29 Å². The molecule has 0 heterocycles. The molecule has 1 atom stereocenters. The maximum absolute atomic E-state index is 12.6. The van der Waals surface area contributed by atoms with E-state index < -0.39 is 6.10 Å². The minimum absolute atomic E-state index is 0.198. The Morgan fingerprint density at radius 3 is 2.58 bits per heavy atom. The Bertz CT molecular complexity index is 725. The number of benzene rings is 2. The molecule has 0 saturated heterocycles. The summed E-state index contributed by atoms with van der Waals surface area (Å²) in [5, 5.41) is 2.96. The topological polar surface area (TPSA) is 64.6 Å². The summed E-state index contributed by atoms with van der Waals surface area (Å²) in [6.45, 7) is 0. The number of methoxy groups -OCH3 is 1. The summed E-state index contributed by atoms with van der Waals surface area (Å²) in [7, 11) is 1.53. The molecule has 3 rings (SSSR count). The molecule has 1 fully saturated rings. The molecule has 5 heteroatoms. The third-order valence-corrected chi connectivity index (χ3v) is 3.85. The lowest BCUT2D eigenvalue weighted by atomic mass is 10.1. The molecular weight excluding hydrogens is 306 g/mol. The summed E-state index contributed by atoms with van der Waals surface area (Å²) in [5.74, 6) is 0.713. The molecule has 0 bridgehead atoms. The lowest BCUT2D eigenvalue weighted by Gasteiger charge is -2.20. The number of amides is 1. The van der Waals surface area contributed by atoms with E-state index in [9.17, 15) is 9.59 Å². The van der Waals surface area contributed by atoms with Crippen LogP contribution < -0.4 is 14.8 Å². The van der Waals surface area contributed by atoms with Crippen molar-refractivity contribution in [2.24, 2.45) is 0 Å². The highest BCUT2D eigenvalue weighted by atomic mass is 16.5. The lowest BCUT2D eigenvalue weighted by Crippen LogP contribution is -2.34. The molecule has 0 radical (unpaired) electrons. The molecule has 0 aromatic heterocycles. The molecule has 2 aromatic carbocycles. The van der Waals surface area contributed by atoms with Crippen LogP contribution in [0.5, 0.6) is 11.5 Å². The number of hydrogen-bond donors (Lipinski definition) is 1. The third kappa shape index (κ3) is 3.74. The highest BCUT2D eigenvalue weighted by Gasteiger charge is 2.30. The van der Waals surface area contributed by atoms with Gasteiger partial charge in [-0.15, -0.1) is 0 Å². The summed E-state index contributed by atoms with van der Waals surface area (Å²) < 4.78 is 11.0. The van der Waals surface area contributed by atoms with Crippen molar-refractivity contribution in [2.75, 3.05) is 7.11 Å². The zero-order chi connectivity index (χ0) is 16.9. The quantitative estimate of drug-likeness (QED) is 0.795. The van der Waals surface area contributed by atoms with Crippen LogP contribution in [-0.4, -0.2) is 25.3 Å². The third-order valence-electron chi connectivity index (χ3n) is 3.85. The summed E-state index contributed by atoms with van der Waals surface area (Å²) in [5.41, 5.74) is 1.08. The van der Waals surface area contributed by atoms with E-state index >= 15 is 0 Å². The largest absolute Gasteiger partial charge is 0.497 e. The molecule has 1 aliphatic rings. The van der Waals surface area contributed by atoms with E-state index in [1.807, 2.05) is 30.3 Å². The SMILES string of the molecule is COc1ccc(O[C@H](C(=O)NC2CC2)c2ccccc2)c(C=O)c1. The van der Waals surface area contributed by atoms with Gasteiger partial charge in [-0.1, -0.05) is 30.3 Å². The number of rotatable bonds is 7. The monoisotopic (exact) mass is 325 g/mol. The molecular formula is C19H19NO4. The molecule has 0 spiro atoms. The second kappa shape index (κ2) is 7.17. The zero-order valence-corrected chi connectivity index (χ0v) is 13.4. The van der Waals surface area contributed by atoms with Crippen molar-refractivity contribution in [1.82, 2.24) is 5.32 Å². The van der Waals surface area contributed by atoms with Gasteiger partial charge in [-0.2, -0.15) is 0 Å². The van der Waals surface area contributed by atoms with Crippen molar-refractivity contribution >= 4 is 12.2 Å². The van der Waals surface area contributed by atoms with Crippen LogP contribution in [0.15, 0.2) is 48.5 Å². The highest BCUT2D eigenvalue weighted by Crippen LogP contribution is 2.29. The van der Waals surface area contributed by atoms with E-state index in [1.54, 1.807) is 18.2 Å². The van der Waals surface area contributed by atoms with Crippen LogP contribution in [0.3, 0.4) is 0 Å². The first-order valence-electron chi connectivity index (χ1n) is 7.86. The maximum Gasteiger partial charge on any atom is 0.266 e. The Morgan fingerprint density at radius 1 is 1.21 bits per heavy atom. The summed E-state index contributed by atoms with van der Waals surface area (Å²) in [4.78, 5) is 23.9. The van der Waals surface area contributed by atoms with Gasteiger partial charge >= 0.3 is 0 Å². The first kappa shape index (κ1) is 16.1. The minimum Gasteiger partial charge on any atom is -0.497 e. The molecule has 24 heavy (non-hydrogen) atoms. The van der Waals surface area contributed by atoms with Crippen LogP contribution in [0, 0.1) is 0 Å². The Kier molecular flexibility index (Phi) is 4.79. The van der Waals surface area contributed by atoms with E-state index in [1.165, 1.54) is 7.11 Å². The van der Waals surface area contributed by atoms with Gasteiger partial charge in [0.2, 0.25) is 6.10 Å². The van der Waals surface area contributed by atoms with Crippen LogP contribution in [-0.2, 0) is 4.79 Å². The van der Waals surface area contributed by atoms with Crippen molar-refractivity contribution in [3.8, 4) is 11.5 Å². The maximum atomic E-state index is 12.6. The van der Waals surface area contributed by atoms with Gasteiger partial charge in [0.25, 0.3) is 5.91 Å². The average molecular weight is 325 g/mol. The Labute approximate surface area is 140 Å². The Morgan fingerprint density at radius 2 is 1.96 bits per heavy atom. The zero-order valence-electron chi connectivity index (χ0n) is 13.4. The predicted molar refractivity (Wildman–Crippen MR) is 89.4 cm³/mol. The first-order chi connectivity index (χ1) is 11.7. The van der Waals surface area contributed by atoms with Gasteiger partial charge in [0, 0.05) is 11.6 Å². The van der Waals surface area contributed by atoms with Crippen LogP contribution >= 0.6 is 0 Å². The predicted octanol–water partition coefficient (Wildman–Crippen LogP) is 2.91. The van der Waals surface area contributed by atoms with Gasteiger partial charge in [0.1, 0.15) is 11.5 Å². The first-order valence-corrected chi connectivity index (χ1v) is 7.86. The number of nitrogens with one attached hydrogen (secondary N) is 1. The van der Waals surface area contributed by atoms with Gasteiger partial charge in [-0.25, -0.2) is 0 Å². The van der Waals surface area contributed by atoms with E-state index in [0.29, 0.717) is 23.3 Å². The molecule has 0 aliphatic heterocycles. The lowest BCUT2D eigenvalue weighted by molar-refractivity contribution is -0.128. The van der Waals surface area contributed by atoms with Crippen LogP contribution in [0.1, 0.15) is 34.9 Å². The summed E-state index contributed by atoms with van der Waals surface area (Å²) >= 11 is 0. The Hall–Kier alpha value is -2.82. The van der Waals surface area contributed by atoms with Crippen LogP contribution in [0.25, 0.3) is 0 Å². The van der Waals surface area contributed by atoms with Crippen molar-refractivity contribution < 1.29 is 19.1 Å². The van der Waals surface area contributed by atoms with Crippen molar-refractivity contribution in [3.05, 3.63) is 59.7 Å². The fourth-order valence-electron chi connectivity index (χ4n) is 2.39. The molecule has 1 N–H and O–H groups in total. The molecule has 2 aromatic rings. The van der Waals surface area contributed by atoms with Gasteiger partial charge in [0.05, 0.1) is 12.7 Å². The van der Waals surface area contributed by atoms with E-state index in [0.717, 1.165) is 18.4 Å². The van der Waals surface area contributed by atoms with Crippen molar-refractivity contribution in [3.63, 3.8) is 0 Å². The van der Waals surface area contributed by atoms with Gasteiger partial charge < -0.3 is 14.8 Å². The van der Waals surface area contributed by atoms with E-state index in [-0.39, 0.29) is 11.9 Å². The van der Waals surface area contributed by atoms with Crippen molar-refractivity contribution in [2.45, 2.75) is 25.0 Å². The second-order valence-electron chi connectivity index (χ2n) is 5.71. The van der Waals surface area contributed by atoms with E-state index in [2.05, 4.69) is 5.32 Å². The number of carbonyl (C=O) groups is 2. The highest BCUT2D eigenvalue weighted by molar-refractivity contribution is 5.84. The molecule has 1 amide bonds. The van der Waals surface area contributed by atoms with Crippen LogP contribution in [0.2, 0.25) is 0 Å². The standard InChI is InChI=1S/C19H19NO4/c1-23-16-9-10-17(14(11-16)12-21)24-18(13-5-3-2-4-6-13)19(22)20-15-7-8-15/h2-6,9-12,15,18H,7-8H2,1H3,(H,20,22)/t18-/m0/s1. The second-order valence-corrected chi connectivity index (χ2v) is 5.71. The normalized spacial score (nSPS) is 14.5. The average Bonchev–Trinajstić information content (AvgIpc) is 3.44. The van der Waals surface area contributed by atoms with Crippen LogP contribution in [0.4, 0.5) is 0 Å². The molecule has 0 unspecified atom stereocenters. The molecule has 5 nitrogen and oxygen atoms in total. The fourth-order valence-corrected chi connectivity index (χ4v) is 2.39.